The maximum atomic E-state index is 12.7. The third-order valence-electron chi connectivity index (χ3n) is 2.68. The molecule has 0 aliphatic carbocycles. The van der Waals surface area contributed by atoms with Gasteiger partial charge in [0.15, 0.2) is 0 Å². The first-order chi connectivity index (χ1) is 9.77. The Balaban J connectivity index is 2.21. The Kier molecular flexibility index (Phi) is 4.17. The van der Waals surface area contributed by atoms with Crippen LogP contribution in [0.25, 0.3) is 0 Å². The van der Waals surface area contributed by atoms with E-state index in [1.807, 2.05) is 0 Å². The van der Waals surface area contributed by atoms with Crippen molar-refractivity contribution < 1.29 is 18.0 Å². The summed E-state index contributed by atoms with van der Waals surface area (Å²) in [5.74, 6) is -0.298. The van der Waals surface area contributed by atoms with Crippen molar-refractivity contribution in [3.63, 3.8) is 0 Å². The lowest BCUT2D eigenvalue weighted by Crippen LogP contribution is -2.27. The Morgan fingerprint density at radius 2 is 2.10 bits per heavy atom. The Hall–Kier alpha value is -2.09. The molecule has 0 bridgehead atoms. The zero-order valence-corrected chi connectivity index (χ0v) is 11.5. The van der Waals surface area contributed by atoms with Crippen LogP contribution in [0.2, 0.25) is 5.02 Å². The molecule has 1 atom stereocenters. The molecular weight excluding hydrogens is 309 g/mol. The lowest BCUT2D eigenvalue weighted by molar-refractivity contribution is -0.137. The van der Waals surface area contributed by atoms with E-state index in [-0.39, 0.29) is 10.6 Å². The number of amides is 1. The number of aromatic nitrogens is 3. The molecule has 2 aromatic rings. The number of halogens is 4. The van der Waals surface area contributed by atoms with Crippen LogP contribution in [0.15, 0.2) is 24.5 Å². The van der Waals surface area contributed by atoms with Gasteiger partial charge < -0.3 is 5.32 Å². The minimum absolute atomic E-state index is 0.165. The lowest BCUT2D eigenvalue weighted by atomic mass is 10.1. The maximum absolute atomic E-state index is 12.7. The van der Waals surface area contributed by atoms with Gasteiger partial charge in [-0.1, -0.05) is 11.6 Å². The van der Waals surface area contributed by atoms with Crippen molar-refractivity contribution in [3.05, 3.63) is 46.5 Å². The molecule has 1 unspecified atom stereocenters. The number of carbonyl (C=O) groups is 1. The molecule has 2 N–H and O–H groups in total. The molecule has 0 saturated heterocycles. The van der Waals surface area contributed by atoms with E-state index in [0.717, 1.165) is 12.1 Å². The average Bonchev–Trinajstić information content (AvgIpc) is 2.90. The van der Waals surface area contributed by atoms with Gasteiger partial charge in [-0.3, -0.25) is 9.89 Å². The number of hydrogen-bond donors (Lipinski definition) is 2. The summed E-state index contributed by atoms with van der Waals surface area (Å²) in [4.78, 5) is 15.8. The standard InChI is InChI=1S/C12H10ClF3N4O/c1-6(10-17-5-18-20-10)19-11(21)7-2-8(12(14,15)16)4-9(13)3-7/h2-6H,1H3,(H,19,21)(H,17,18,20). The number of nitrogens with zero attached hydrogens (tertiary/aromatic N) is 2. The van der Waals surface area contributed by atoms with Crippen LogP contribution in [0.5, 0.6) is 0 Å². The second-order valence-corrected chi connectivity index (χ2v) is 4.73. The normalized spacial score (nSPS) is 13.0. The summed E-state index contributed by atoms with van der Waals surface area (Å²) in [5.41, 5.74) is -1.16. The summed E-state index contributed by atoms with van der Waals surface area (Å²) in [7, 11) is 0. The van der Waals surface area contributed by atoms with E-state index >= 15 is 0 Å². The van der Waals surface area contributed by atoms with Gasteiger partial charge in [0.25, 0.3) is 5.91 Å². The van der Waals surface area contributed by atoms with Crippen molar-refractivity contribution in [2.24, 2.45) is 0 Å². The Labute approximate surface area is 122 Å². The minimum atomic E-state index is -4.57. The molecule has 1 aromatic carbocycles. The second kappa shape index (κ2) is 5.72. The summed E-state index contributed by atoms with van der Waals surface area (Å²) in [6.07, 6.45) is -3.31. The highest BCUT2D eigenvalue weighted by molar-refractivity contribution is 6.31. The van der Waals surface area contributed by atoms with Gasteiger partial charge in [-0.25, -0.2) is 4.98 Å². The number of H-pyrrole nitrogens is 1. The van der Waals surface area contributed by atoms with Gasteiger partial charge in [0.2, 0.25) is 0 Å². The van der Waals surface area contributed by atoms with E-state index in [1.54, 1.807) is 6.92 Å². The minimum Gasteiger partial charge on any atom is -0.342 e. The molecule has 1 aromatic heterocycles. The number of aromatic amines is 1. The Morgan fingerprint density at radius 1 is 1.38 bits per heavy atom. The molecule has 0 spiro atoms. The van der Waals surface area contributed by atoms with E-state index in [1.165, 1.54) is 12.4 Å². The third kappa shape index (κ3) is 3.72. The van der Waals surface area contributed by atoms with Gasteiger partial charge >= 0.3 is 6.18 Å². The van der Waals surface area contributed by atoms with Crippen LogP contribution in [-0.2, 0) is 6.18 Å². The van der Waals surface area contributed by atoms with Gasteiger partial charge in [-0.15, -0.1) is 0 Å². The van der Waals surface area contributed by atoms with Crippen LogP contribution < -0.4 is 5.32 Å². The molecule has 0 aliphatic rings. The first-order valence-corrected chi connectivity index (χ1v) is 6.19. The number of hydrogen-bond acceptors (Lipinski definition) is 3. The molecule has 1 heterocycles. The number of benzene rings is 1. The Morgan fingerprint density at radius 3 is 2.67 bits per heavy atom. The number of alkyl halides is 3. The largest absolute Gasteiger partial charge is 0.416 e. The predicted octanol–water partition coefficient (Wildman–Crippen LogP) is 2.97. The van der Waals surface area contributed by atoms with Gasteiger partial charge in [-0.2, -0.15) is 18.3 Å². The van der Waals surface area contributed by atoms with Crippen molar-refractivity contribution >= 4 is 17.5 Å². The smallest absolute Gasteiger partial charge is 0.342 e. The zero-order chi connectivity index (χ0) is 15.6. The highest BCUT2D eigenvalue weighted by Crippen LogP contribution is 2.32. The number of rotatable bonds is 3. The fourth-order valence-corrected chi connectivity index (χ4v) is 1.89. The molecular formula is C12H10ClF3N4O. The van der Waals surface area contributed by atoms with E-state index in [0.29, 0.717) is 5.82 Å². The van der Waals surface area contributed by atoms with Crippen LogP contribution in [0.1, 0.15) is 34.7 Å². The quantitative estimate of drug-likeness (QED) is 0.914. The first kappa shape index (κ1) is 15.3. The van der Waals surface area contributed by atoms with Gasteiger partial charge in [0.1, 0.15) is 12.2 Å². The van der Waals surface area contributed by atoms with Crippen molar-refractivity contribution in [2.45, 2.75) is 19.1 Å². The van der Waals surface area contributed by atoms with E-state index in [9.17, 15) is 18.0 Å². The fraction of sp³-hybridized carbons (Fsp3) is 0.250. The second-order valence-electron chi connectivity index (χ2n) is 4.29. The molecule has 9 heteroatoms. The summed E-state index contributed by atoms with van der Waals surface area (Å²) >= 11 is 5.63. The average molecular weight is 319 g/mol. The fourth-order valence-electron chi connectivity index (χ4n) is 1.66. The number of nitrogens with one attached hydrogen (secondary N) is 2. The van der Waals surface area contributed by atoms with Crippen LogP contribution in [0.3, 0.4) is 0 Å². The highest BCUT2D eigenvalue weighted by atomic mass is 35.5. The lowest BCUT2D eigenvalue weighted by Gasteiger charge is -2.13. The molecule has 0 saturated carbocycles. The monoisotopic (exact) mass is 318 g/mol. The molecule has 21 heavy (non-hydrogen) atoms. The first-order valence-electron chi connectivity index (χ1n) is 5.81. The SMILES string of the molecule is CC(NC(=O)c1cc(Cl)cc(C(F)(F)F)c1)c1ncn[nH]1. The zero-order valence-electron chi connectivity index (χ0n) is 10.7. The predicted molar refractivity (Wildman–Crippen MR) is 68.7 cm³/mol. The van der Waals surface area contributed by atoms with Crippen molar-refractivity contribution in [2.75, 3.05) is 0 Å². The van der Waals surface area contributed by atoms with E-state index in [4.69, 9.17) is 11.6 Å². The van der Waals surface area contributed by atoms with Crippen LogP contribution in [0, 0.1) is 0 Å². The molecule has 1 amide bonds. The third-order valence-corrected chi connectivity index (χ3v) is 2.90. The molecule has 0 radical (unpaired) electrons. The molecule has 2 rings (SSSR count). The molecule has 112 valence electrons. The van der Waals surface area contributed by atoms with E-state index < -0.39 is 23.7 Å². The molecule has 0 fully saturated rings. The number of carbonyl (C=O) groups excluding carboxylic acids is 1. The van der Waals surface area contributed by atoms with Crippen LogP contribution in [-0.4, -0.2) is 21.1 Å². The van der Waals surface area contributed by atoms with Crippen molar-refractivity contribution in [1.29, 1.82) is 0 Å². The topological polar surface area (TPSA) is 70.7 Å². The van der Waals surface area contributed by atoms with Crippen molar-refractivity contribution in [1.82, 2.24) is 20.5 Å². The van der Waals surface area contributed by atoms with Gasteiger partial charge in [0, 0.05) is 10.6 Å². The summed E-state index contributed by atoms with van der Waals surface area (Å²) in [5, 5.41) is 8.53. The summed E-state index contributed by atoms with van der Waals surface area (Å²) < 4.78 is 38.1. The molecule has 5 nitrogen and oxygen atoms in total. The van der Waals surface area contributed by atoms with Gasteiger partial charge in [0.05, 0.1) is 11.6 Å². The van der Waals surface area contributed by atoms with Crippen LogP contribution in [0.4, 0.5) is 13.2 Å². The van der Waals surface area contributed by atoms with Crippen LogP contribution >= 0.6 is 11.6 Å². The van der Waals surface area contributed by atoms with E-state index in [2.05, 4.69) is 20.5 Å². The molecule has 0 aliphatic heterocycles. The summed E-state index contributed by atoms with van der Waals surface area (Å²) in [6.45, 7) is 1.62. The summed E-state index contributed by atoms with van der Waals surface area (Å²) in [6, 6.07) is 2.14. The maximum Gasteiger partial charge on any atom is 0.416 e. The van der Waals surface area contributed by atoms with Crippen molar-refractivity contribution in [3.8, 4) is 0 Å². The Bertz CT molecular complexity index is 642. The van der Waals surface area contributed by atoms with Gasteiger partial charge in [-0.05, 0) is 25.1 Å². The highest BCUT2D eigenvalue weighted by Gasteiger charge is 2.31.